The molecule has 1 aliphatic heterocycles. The largest absolute Gasteiger partial charge is 0.352 e. The Morgan fingerprint density at radius 2 is 2.11 bits per heavy atom. The molecule has 19 heavy (non-hydrogen) atoms. The molecule has 0 radical (unpaired) electrons. The topological polar surface area (TPSA) is 63.2 Å². The molecule has 1 heterocycles. The summed E-state index contributed by atoms with van der Waals surface area (Å²) in [5.74, 6) is -0.380. The Morgan fingerprint density at radius 3 is 2.74 bits per heavy atom. The summed E-state index contributed by atoms with van der Waals surface area (Å²) in [5.41, 5.74) is 0.840. The minimum atomic E-state index is -3.10. The van der Waals surface area contributed by atoms with Crippen LogP contribution in [0.25, 0.3) is 0 Å². The van der Waals surface area contributed by atoms with E-state index in [1.807, 2.05) is 18.2 Å². The lowest BCUT2D eigenvalue weighted by Crippen LogP contribution is -2.25. The first-order chi connectivity index (χ1) is 8.96. The molecule has 0 bridgehead atoms. The molecule has 2 rings (SSSR count). The Hall–Kier alpha value is -1.33. The molecule has 1 aromatic carbocycles. The van der Waals surface area contributed by atoms with Gasteiger partial charge in [-0.15, -0.1) is 0 Å². The van der Waals surface area contributed by atoms with Crippen molar-refractivity contribution in [3.63, 3.8) is 0 Å². The highest BCUT2D eigenvalue weighted by Gasteiger charge is 2.23. The van der Waals surface area contributed by atoms with Gasteiger partial charge in [-0.3, -0.25) is 4.79 Å². The maximum absolute atomic E-state index is 11.7. The van der Waals surface area contributed by atoms with Crippen molar-refractivity contribution in [3.05, 3.63) is 46.3 Å². The number of sulfone groups is 1. The lowest BCUT2D eigenvalue weighted by Gasteiger charge is -2.09. The molecular weight excluding hydrogens is 286 g/mol. The van der Waals surface area contributed by atoms with Gasteiger partial charge in [-0.05, 0) is 11.6 Å². The van der Waals surface area contributed by atoms with E-state index in [-0.39, 0.29) is 24.0 Å². The van der Waals surface area contributed by atoms with Crippen LogP contribution in [-0.4, -0.2) is 20.1 Å². The Balaban J connectivity index is 1.83. The molecule has 102 valence electrons. The second-order valence-electron chi connectivity index (χ2n) is 4.49. The van der Waals surface area contributed by atoms with Gasteiger partial charge >= 0.3 is 0 Å². The van der Waals surface area contributed by atoms with E-state index in [1.165, 1.54) is 5.41 Å². The number of halogens is 1. The fourth-order valence-corrected chi connectivity index (χ4v) is 3.51. The van der Waals surface area contributed by atoms with Gasteiger partial charge in [-0.1, -0.05) is 35.9 Å². The van der Waals surface area contributed by atoms with E-state index in [0.717, 1.165) is 5.56 Å². The number of allylic oxidation sites excluding steroid dienone is 1. The molecule has 1 amide bonds. The molecule has 1 unspecified atom stereocenters. The molecule has 0 aliphatic carbocycles. The molecule has 1 aliphatic rings. The Bertz CT molecular complexity index is 610. The minimum Gasteiger partial charge on any atom is -0.352 e. The van der Waals surface area contributed by atoms with Crippen LogP contribution >= 0.6 is 11.6 Å². The van der Waals surface area contributed by atoms with Crippen LogP contribution in [-0.2, 0) is 21.2 Å². The van der Waals surface area contributed by atoms with Gasteiger partial charge in [0.25, 0.3) is 0 Å². The van der Waals surface area contributed by atoms with Crippen LogP contribution in [0.2, 0.25) is 5.02 Å². The summed E-state index contributed by atoms with van der Waals surface area (Å²) in [6.45, 7) is 0.349. The van der Waals surface area contributed by atoms with Gasteiger partial charge in [-0.25, -0.2) is 8.42 Å². The number of benzene rings is 1. The number of nitrogens with one attached hydrogen (secondary N) is 1. The lowest BCUT2D eigenvalue weighted by molar-refractivity contribution is -0.121. The number of carbonyl (C=O) groups is 1. The molecule has 1 atom stereocenters. The van der Waals surface area contributed by atoms with Gasteiger partial charge in [0.1, 0.15) is 0 Å². The molecule has 0 fully saturated rings. The predicted octanol–water partition coefficient (Wildman–Crippen LogP) is 1.90. The molecule has 6 heteroatoms. The quantitative estimate of drug-likeness (QED) is 0.923. The summed E-state index contributed by atoms with van der Waals surface area (Å²) in [6, 6.07) is 7.26. The maximum Gasteiger partial charge on any atom is 0.220 e. The van der Waals surface area contributed by atoms with Crippen LogP contribution in [0.5, 0.6) is 0 Å². The fraction of sp³-hybridized carbons (Fsp3) is 0.308. The van der Waals surface area contributed by atoms with Gasteiger partial charge in [0.15, 0.2) is 9.84 Å². The van der Waals surface area contributed by atoms with E-state index < -0.39 is 9.84 Å². The average Bonchev–Trinajstić information content (AvgIpc) is 2.67. The number of rotatable bonds is 4. The SMILES string of the molecule is O=C(CC1C=CS(=O)(=O)C1)NCc1ccccc1Cl. The van der Waals surface area contributed by atoms with E-state index in [4.69, 9.17) is 11.6 Å². The van der Waals surface area contributed by atoms with Crippen molar-refractivity contribution in [1.82, 2.24) is 5.32 Å². The van der Waals surface area contributed by atoms with Crippen molar-refractivity contribution < 1.29 is 13.2 Å². The van der Waals surface area contributed by atoms with Crippen LogP contribution in [0.3, 0.4) is 0 Å². The summed E-state index contributed by atoms with van der Waals surface area (Å²) >= 11 is 5.97. The third-order valence-corrected chi connectivity index (χ3v) is 4.72. The Morgan fingerprint density at radius 1 is 1.37 bits per heavy atom. The molecule has 0 saturated carbocycles. The predicted molar refractivity (Wildman–Crippen MR) is 74.3 cm³/mol. The van der Waals surface area contributed by atoms with Gasteiger partial charge in [-0.2, -0.15) is 0 Å². The first-order valence-electron chi connectivity index (χ1n) is 5.87. The van der Waals surface area contributed by atoms with Crippen molar-refractivity contribution in [3.8, 4) is 0 Å². The van der Waals surface area contributed by atoms with Crippen molar-refractivity contribution >= 4 is 27.3 Å². The van der Waals surface area contributed by atoms with E-state index in [2.05, 4.69) is 5.32 Å². The van der Waals surface area contributed by atoms with Gasteiger partial charge < -0.3 is 5.32 Å². The van der Waals surface area contributed by atoms with Crippen LogP contribution in [0.15, 0.2) is 35.7 Å². The van der Waals surface area contributed by atoms with Crippen LogP contribution in [0, 0.1) is 5.92 Å². The lowest BCUT2D eigenvalue weighted by atomic mass is 10.1. The van der Waals surface area contributed by atoms with Gasteiger partial charge in [0.05, 0.1) is 5.75 Å². The number of amides is 1. The molecule has 0 saturated heterocycles. The Labute approximate surface area is 117 Å². The first kappa shape index (κ1) is 14.1. The second-order valence-corrected chi connectivity index (χ2v) is 6.83. The summed E-state index contributed by atoms with van der Waals surface area (Å²) in [7, 11) is -3.10. The first-order valence-corrected chi connectivity index (χ1v) is 7.97. The third kappa shape index (κ3) is 4.08. The van der Waals surface area contributed by atoms with Crippen LogP contribution in [0.4, 0.5) is 0 Å². The molecule has 0 aromatic heterocycles. The molecule has 4 nitrogen and oxygen atoms in total. The molecule has 0 spiro atoms. The van der Waals surface area contributed by atoms with Crippen LogP contribution in [0.1, 0.15) is 12.0 Å². The number of hydrogen-bond donors (Lipinski definition) is 1. The molecule has 1 N–H and O–H groups in total. The van der Waals surface area contributed by atoms with Crippen LogP contribution < -0.4 is 5.32 Å². The zero-order chi connectivity index (χ0) is 13.9. The number of hydrogen-bond acceptors (Lipinski definition) is 3. The zero-order valence-electron chi connectivity index (χ0n) is 10.2. The zero-order valence-corrected chi connectivity index (χ0v) is 11.7. The normalized spacial score (nSPS) is 20.4. The van der Waals surface area contributed by atoms with E-state index in [9.17, 15) is 13.2 Å². The monoisotopic (exact) mass is 299 g/mol. The summed E-state index contributed by atoms with van der Waals surface area (Å²) < 4.78 is 22.4. The van der Waals surface area contributed by atoms with Gasteiger partial charge in [0.2, 0.25) is 5.91 Å². The summed E-state index contributed by atoms with van der Waals surface area (Å²) in [6.07, 6.45) is 1.75. The maximum atomic E-state index is 11.7. The Kier molecular flexibility index (Phi) is 4.27. The average molecular weight is 300 g/mol. The van der Waals surface area contributed by atoms with E-state index >= 15 is 0 Å². The fourth-order valence-electron chi connectivity index (χ4n) is 1.91. The number of carbonyl (C=O) groups excluding carboxylic acids is 1. The highest BCUT2D eigenvalue weighted by molar-refractivity contribution is 7.94. The van der Waals surface area contributed by atoms with Crippen molar-refractivity contribution in [1.29, 1.82) is 0 Å². The van der Waals surface area contributed by atoms with Crippen molar-refractivity contribution in [2.75, 3.05) is 5.75 Å². The molecule has 1 aromatic rings. The van der Waals surface area contributed by atoms with Crippen molar-refractivity contribution in [2.45, 2.75) is 13.0 Å². The standard InChI is InChI=1S/C13H14ClNO3S/c14-12-4-2-1-3-11(12)8-15-13(16)7-10-5-6-19(17,18)9-10/h1-6,10H,7-9H2,(H,15,16). The van der Waals surface area contributed by atoms with E-state index in [0.29, 0.717) is 11.6 Å². The summed E-state index contributed by atoms with van der Waals surface area (Å²) in [4.78, 5) is 11.7. The van der Waals surface area contributed by atoms with Gasteiger partial charge in [0, 0.05) is 29.3 Å². The highest BCUT2D eigenvalue weighted by Crippen LogP contribution is 2.18. The minimum absolute atomic E-state index is 0.0204. The van der Waals surface area contributed by atoms with E-state index in [1.54, 1.807) is 12.1 Å². The third-order valence-electron chi connectivity index (χ3n) is 2.89. The molecular formula is C13H14ClNO3S. The smallest absolute Gasteiger partial charge is 0.220 e. The van der Waals surface area contributed by atoms with Crippen molar-refractivity contribution in [2.24, 2.45) is 5.92 Å². The summed E-state index contributed by atoms with van der Waals surface area (Å²) in [5, 5.41) is 4.52. The second kappa shape index (κ2) is 5.75. The highest BCUT2D eigenvalue weighted by atomic mass is 35.5.